The van der Waals surface area contributed by atoms with Gasteiger partial charge < -0.3 is 10.1 Å². The number of methoxy groups -OCH3 is 1. The highest BCUT2D eigenvalue weighted by Crippen LogP contribution is 2.18. The molecule has 1 N–H and O–H groups in total. The minimum Gasteiger partial charge on any atom is -0.377 e. The van der Waals surface area contributed by atoms with Gasteiger partial charge in [-0.2, -0.15) is 5.26 Å². The Kier molecular flexibility index (Phi) is 4.29. The van der Waals surface area contributed by atoms with Crippen molar-refractivity contribution >= 4 is 23.1 Å². The molecule has 0 bridgehead atoms. The van der Waals surface area contributed by atoms with Crippen molar-refractivity contribution in [3.63, 3.8) is 0 Å². The van der Waals surface area contributed by atoms with Crippen molar-refractivity contribution in [3.8, 4) is 6.07 Å². The molecule has 0 amide bonds. The van der Waals surface area contributed by atoms with Crippen LogP contribution in [0.5, 0.6) is 0 Å². The summed E-state index contributed by atoms with van der Waals surface area (Å²) in [5.41, 5.74) is 1.42. The maximum absolute atomic E-state index is 8.73. The zero-order valence-electron chi connectivity index (χ0n) is 10.2. The highest BCUT2D eigenvalue weighted by molar-refractivity contribution is 6.29. The highest BCUT2D eigenvalue weighted by atomic mass is 35.5. The molecule has 0 saturated carbocycles. The lowest BCUT2D eigenvalue weighted by Crippen LogP contribution is -2.01. The number of anilines is 2. The zero-order chi connectivity index (χ0) is 13.7. The molecule has 0 saturated heterocycles. The second kappa shape index (κ2) is 6.14. The van der Waals surface area contributed by atoms with Crippen LogP contribution < -0.4 is 5.32 Å². The number of benzene rings is 1. The Morgan fingerprint density at radius 3 is 2.68 bits per heavy atom. The van der Waals surface area contributed by atoms with Crippen molar-refractivity contribution in [1.82, 2.24) is 9.97 Å². The number of nitrogens with one attached hydrogen (secondary N) is 1. The van der Waals surface area contributed by atoms with Crippen LogP contribution in [0.25, 0.3) is 0 Å². The fraction of sp³-hybridized carbons (Fsp3) is 0.154. The molecule has 6 heteroatoms. The van der Waals surface area contributed by atoms with Crippen molar-refractivity contribution in [1.29, 1.82) is 5.26 Å². The van der Waals surface area contributed by atoms with E-state index in [0.717, 1.165) is 5.69 Å². The Hall–Kier alpha value is -2.16. The van der Waals surface area contributed by atoms with Crippen LogP contribution in [-0.4, -0.2) is 17.1 Å². The molecule has 0 aliphatic rings. The van der Waals surface area contributed by atoms with Gasteiger partial charge in [-0.15, -0.1) is 0 Å². The first-order valence-electron chi connectivity index (χ1n) is 5.51. The summed E-state index contributed by atoms with van der Waals surface area (Å²) in [5, 5.41) is 12.2. The molecule has 1 heterocycles. The predicted octanol–water partition coefficient (Wildman–Crippen LogP) is 2.89. The van der Waals surface area contributed by atoms with Gasteiger partial charge in [0.15, 0.2) is 5.82 Å². The topological polar surface area (TPSA) is 70.8 Å². The van der Waals surface area contributed by atoms with E-state index in [0.29, 0.717) is 29.0 Å². The number of aromatic nitrogens is 2. The second-order valence-corrected chi connectivity index (χ2v) is 4.13. The SMILES string of the molecule is COCc1nc(Cl)cc(Nc2ccc(C#N)cc2)n1. The predicted molar refractivity (Wildman–Crippen MR) is 72.2 cm³/mol. The standard InChI is InChI=1S/C13H11ClN4O/c1-19-8-13-17-11(14)6-12(18-13)16-10-4-2-9(7-15)3-5-10/h2-6H,8H2,1H3,(H,16,17,18). The third-order valence-electron chi connectivity index (χ3n) is 2.30. The molecule has 2 aromatic rings. The van der Waals surface area contributed by atoms with Gasteiger partial charge in [-0.3, -0.25) is 0 Å². The van der Waals surface area contributed by atoms with E-state index in [1.165, 1.54) is 0 Å². The van der Waals surface area contributed by atoms with Crippen LogP contribution in [0.4, 0.5) is 11.5 Å². The fourth-order valence-electron chi connectivity index (χ4n) is 1.50. The quantitative estimate of drug-likeness (QED) is 0.868. The first kappa shape index (κ1) is 13.3. The van der Waals surface area contributed by atoms with Crippen LogP contribution in [0.3, 0.4) is 0 Å². The summed E-state index contributed by atoms with van der Waals surface area (Å²) in [6.45, 7) is 0.294. The lowest BCUT2D eigenvalue weighted by atomic mass is 10.2. The fourth-order valence-corrected chi connectivity index (χ4v) is 1.70. The molecule has 19 heavy (non-hydrogen) atoms. The van der Waals surface area contributed by atoms with Crippen molar-refractivity contribution in [2.75, 3.05) is 12.4 Å². The number of rotatable bonds is 4. The van der Waals surface area contributed by atoms with Gasteiger partial charge in [-0.05, 0) is 24.3 Å². The summed E-state index contributed by atoms with van der Waals surface area (Å²) < 4.78 is 4.97. The van der Waals surface area contributed by atoms with E-state index in [1.807, 2.05) is 0 Å². The largest absolute Gasteiger partial charge is 0.377 e. The molecule has 0 aliphatic heterocycles. The number of ether oxygens (including phenoxy) is 1. The number of halogens is 1. The van der Waals surface area contributed by atoms with E-state index in [4.69, 9.17) is 21.6 Å². The normalized spacial score (nSPS) is 9.95. The van der Waals surface area contributed by atoms with Gasteiger partial charge in [0.2, 0.25) is 0 Å². The van der Waals surface area contributed by atoms with E-state index in [-0.39, 0.29) is 0 Å². The first-order chi connectivity index (χ1) is 9.21. The first-order valence-corrected chi connectivity index (χ1v) is 5.88. The van der Waals surface area contributed by atoms with Crippen molar-refractivity contribution in [2.45, 2.75) is 6.61 Å². The molecule has 0 radical (unpaired) electrons. The summed E-state index contributed by atoms with van der Waals surface area (Å²) in [5.74, 6) is 1.09. The van der Waals surface area contributed by atoms with E-state index in [9.17, 15) is 0 Å². The van der Waals surface area contributed by atoms with Crippen LogP contribution in [0, 0.1) is 11.3 Å². The molecule has 0 aliphatic carbocycles. The van der Waals surface area contributed by atoms with E-state index >= 15 is 0 Å². The van der Waals surface area contributed by atoms with Crippen molar-refractivity contribution in [2.24, 2.45) is 0 Å². The average Bonchev–Trinajstić information content (AvgIpc) is 2.39. The Balaban J connectivity index is 2.20. The van der Waals surface area contributed by atoms with E-state index < -0.39 is 0 Å². The maximum Gasteiger partial charge on any atom is 0.158 e. The van der Waals surface area contributed by atoms with Crippen LogP contribution >= 0.6 is 11.6 Å². The van der Waals surface area contributed by atoms with Gasteiger partial charge >= 0.3 is 0 Å². The van der Waals surface area contributed by atoms with Gasteiger partial charge in [-0.25, -0.2) is 9.97 Å². The minimum atomic E-state index is 0.294. The Bertz CT molecular complexity index is 607. The Morgan fingerprint density at radius 2 is 2.05 bits per heavy atom. The zero-order valence-corrected chi connectivity index (χ0v) is 11.0. The third-order valence-corrected chi connectivity index (χ3v) is 2.49. The molecule has 96 valence electrons. The Labute approximate surface area is 115 Å². The Morgan fingerprint density at radius 1 is 1.32 bits per heavy atom. The monoisotopic (exact) mass is 274 g/mol. The molecule has 2 rings (SSSR count). The smallest absolute Gasteiger partial charge is 0.158 e. The summed E-state index contributed by atoms with van der Waals surface area (Å²) in [7, 11) is 1.57. The summed E-state index contributed by atoms with van der Waals surface area (Å²) in [4.78, 5) is 8.30. The molecular weight excluding hydrogens is 264 g/mol. The minimum absolute atomic E-state index is 0.294. The van der Waals surface area contributed by atoms with Gasteiger partial charge in [0, 0.05) is 18.9 Å². The van der Waals surface area contributed by atoms with Gasteiger partial charge in [0.25, 0.3) is 0 Å². The summed E-state index contributed by atoms with van der Waals surface area (Å²) in [6, 6.07) is 10.7. The lowest BCUT2D eigenvalue weighted by molar-refractivity contribution is 0.178. The number of nitriles is 1. The van der Waals surface area contributed by atoms with Gasteiger partial charge in [0.05, 0.1) is 11.6 Å². The average molecular weight is 275 g/mol. The number of hydrogen-bond donors (Lipinski definition) is 1. The number of nitrogens with zero attached hydrogens (tertiary/aromatic N) is 3. The lowest BCUT2D eigenvalue weighted by Gasteiger charge is -2.07. The highest BCUT2D eigenvalue weighted by Gasteiger charge is 2.03. The molecule has 0 spiro atoms. The van der Waals surface area contributed by atoms with Gasteiger partial charge in [0.1, 0.15) is 17.6 Å². The molecule has 5 nitrogen and oxygen atoms in total. The molecule has 1 aromatic carbocycles. The van der Waals surface area contributed by atoms with E-state index in [1.54, 1.807) is 37.4 Å². The molecule has 1 aromatic heterocycles. The molecule has 0 unspecified atom stereocenters. The van der Waals surface area contributed by atoms with Crippen LogP contribution in [0.1, 0.15) is 11.4 Å². The van der Waals surface area contributed by atoms with Crippen LogP contribution in [0.15, 0.2) is 30.3 Å². The second-order valence-electron chi connectivity index (χ2n) is 3.74. The molecule has 0 fully saturated rings. The van der Waals surface area contributed by atoms with E-state index in [2.05, 4.69) is 21.4 Å². The molecular formula is C13H11ClN4O. The van der Waals surface area contributed by atoms with Crippen molar-refractivity contribution in [3.05, 3.63) is 46.9 Å². The van der Waals surface area contributed by atoms with Crippen LogP contribution in [-0.2, 0) is 11.3 Å². The third kappa shape index (κ3) is 3.65. The summed E-state index contributed by atoms with van der Waals surface area (Å²) >= 11 is 5.91. The summed E-state index contributed by atoms with van der Waals surface area (Å²) in [6.07, 6.45) is 0. The number of hydrogen-bond acceptors (Lipinski definition) is 5. The van der Waals surface area contributed by atoms with Crippen LogP contribution in [0.2, 0.25) is 5.15 Å². The van der Waals surface area contributed by atoms with Gasteiger partial charge in [-0.1, -0.05) is 11.6 Å². The maximum atomic E-state index is 8.73. The van der Waals surface area contributed by atoms with Crippen molar-refractivity contribution < 1.29 is 4.74 Å². The molecule has 0 atom stereocenters.